The molecule has 1 aromatic carbocycles. The van der Waals surface area contributed by atoms with Crippen LogP contribution in [-0.4, -0.2) is 0 Å². The van der Waals surface area contributed by atoms with Gasteiger partial charge in [0.2, 0.25) is 0 Å². The third-order valence-electron chi connectivity index (χ3n) is 0.978. The van der Waals surface area contributed by atoms with Crippen LogP contribution in [0.3, 0.4) is 0 Å². The molecular formula is C8H7Cl. The Morgan fingerprint density at radius 1 is 1.11 bits per heavy atom. The lowest BCUT2D eigenvalue weighted by molar-refractivity contribution is -0.00000161. The molecule has 0 amide bonds. The molecule has 0 atom stereocenters. The molecule has 0 radical (unpaired) electrons. The van der Waals surface area contributed by atoms with Gasteiger partial charge in [-0.05, 0) is 18.2 Å². The molecule has 9 heavy (non-hydrogen) atoms. The number of hydrogen-bond donors (Lipinski definition) is 0. The summed E-state index contributed by atoms with van der Waals surface area (Å²) in [5.41, 5.74) is 1.05. The van der Waals surface area contributed by atoms with Crippen molar-refractivity contribution in [2.45, 2.75) is 0 Å². The average Bonchev–Trinajstić information content (AvgIpc) is 1.90. The summed E-state index contributed by atoms with van der Waals surface area (Å²) in [5, 5.41) is 0. The Morgan fingerprint density at radius 2 is 1.67 bits per heavy atom. The van der Waals surface area contributed by atoms with Crippen molar-refractivity contribution in [1.82, 2.24) is 0 Å². The Morgan fingerprint density at radius 3 is 2.00 bits per heavy atom. The molecule has 0 heterocycles. The van der Waals surface area contributed by atoms with E-state index < -0.39 is 0 Å². The van der Waals surface area contributed by atoms with Gasteiger partial charge in [-0.3, -0.25) is 0 Å². The van der Waals surface area contributed by atoms with E-state index in [2.05, 4.69) is 12.7 Å². The van der Waals surface area contributed by atoms with Crippen LogP contribution in [0.4, 0.5) is 0 Å². The van der Waals surface area contributed by atoms with E-state index in [1.54, 1.807) is 0 Å². The summed E-state index contributed by atoms with van der Waals surface area (Å²) in [6.07, 6.45) is 2.78. The van der Waals surface area contributed by atoms with Crippen LogP contribution < -0.4 is 12.4 Å². The van der Waals surface area contributed by atoms with E-state index in [1.807, 2.05) is 30.3 Å². The minimum Gasteiger partial charge on any atom is -1.00 e. The van der Waals surface area contributed by atoms with Crippen LogP contribution in [0, 0.1) is 6.08 Å². The maximum atomic E-state index is 3.51. The van der Waals surface area contributed by atoms with E-state index in [0.29, 0.717) is 0 Å². The first-order valence-electron chi connectivity index (χ1n) is 2.51. The molecule has 0 saturated heterocycles. The normalized spacial score (nSPS) is 7.11. The third kappa shape index (κ3) is 2.27. The summed E-state index contributed by atoms with van der Waals surface area (Å²) in [6, 6.07) is 9.84. The summed E-state index contributed by atoms with van der Waals surface area (Å²) < 4.78 is 0. The number of halogens is 1. The molecule has 1 heteroatoms. The highest BCUT2D eigenvalue weighted by atomic mass is 35.5. The maximum absolute atomic E-state index is 3.51. The smallest absolute Gasteiger partial charge is 0.187 e. The zero-order chi connectivity index (χ0) is 5.82. The van der Waals surface area contributed by atoms with E-state index >= 15 is 0 Å². The second-order valence-corrected chi connectivity index (χ2v) is 1.54. The minimum atomic E-state index is 0. The molecule has 0 aliphatic carbocycles. The van der Waals surface area contributed by atoms with E-state index in [4.69, 9.17) is 0 Å². The van der Waals surface area contributed by atoms with Crippen LogP contribution in [0.5, 0.6) is 0 Å². The Balaban J connectivity index is 0.000000640. The van der Waals surface area contributed by atoms with Crippen LogP contribution in [0.15, 0.2) is 36.9 Å². The van der Waals surface area contributed by atoms with Crippen molar-refractivity contribution in [2.24, 2.45) is 0 Å². The lowest BCUT2D eigenvalue weighted by Gasteiger charge is -1.73. The SMILES string of the molecule is C=[C+]c1ccccc1.[Cl-]. The summed E-state index contributed by atoms with van der Waals surface area (Å²) in [7, 11) is 0. The van der Waals surface area contributed by atoms with Gasteiger partial charge in [0.15, 0.2) is 5.56 Å². The highest BCUT2D eigenvalue weighted by Crippen LogP contribution is 1.94. The lowest BCUT2D eigenvalue weighted by Crippen LogP contribution is -3.00. The van der Waals surface area contributed by atoms with Gasteiger partial charge in [0.05, 0.1) is 12.1 Å². The lowest BCUT2D eigenvalue weighted by atomic mass is 10.2. The summed E-state index contributed by atoms with van der Waals surface area (Å²) in [5.74, 6) is 0. The first-order chi connectivity index (χ1) is 3.93. The molecule has 0 saturated carbocycles. The Kier molecular flexibility index (Phi) is 3.70. The topological polar surface area (TPSA) is 0 Å². The highest BCUT2D eigenvalue weighted by molar-refractivity contribution is 5.19. The number of hydrogen-bond acceptors (Lipinski definition) is 0. The fraction of sp³-hybridized carbons (Fsp3) is 0. The second-order valence-electron chi connectivity index (χ2n) is 1.54. The van der Waals surface area contributed by atoms with E-state index in [0.717, 1.165) is 5.56 Å². The molecule has 46 valence electrons. The van der Waals surface area contributed by atoms with Crippen LogP contribution in [0.2, 0.25) is 0 Å². The molecule has 0 nitrogen and oxygen atoms in total. The Bertz CT molecular complexity index is 167. The maximum Gasteiger partial charge on any atom is 0.187 e. The molecule has 0 aliphatic heterocycles. The van der Waals surface area contributed by atoms with Gasteiger partial charge >= 0.3 is 0 Å². The van der Waals surface area contributed by atoms with E-state index in [9.17, 15) is 0 Å². The third-order valence-corrected chi connectivity index (χ3v) is 0.978. The predicted molar refractivity (Wildman–Crippen MR) is 34.4 cm³/mol. The zero-order valence-electron chi connectivity index (χ0n) is 4.97. The molecule has 1 aromatic rings. The van der Waals surface area contributed by atoms with Gasteiger partial charge < -0.3 is 12.4 Å². The Labute approximate surface area is 61.6 Å². The first-order valence-corrected chi connectivity index (χ1v) is 2.51. The zero-order valence-corrected chi connectivity index (χ0v) is 5.73. The molecule has 0 spiro atoms. The largest absolute Gasteiger partial charge is 1.00 e. The standard InChI is InChI=1S/C8H7.ClH/c1-2-8-6-4-3-5-7-8;/h3-7H,1H2;1H/q+1;/p-1. The molecule has 0 N–H and O–H groups in total. The monoisotopic (exact) mass is 138 g/mol. The molecule has 0 unspecified atom stereocenters. The van der Waals surface area contributed by atoms with Gasteiger partial charge in [0, 0.05) is 12.7 Å². The van der Waals surface area contributed by atoms with Gasteiger partial charge in [-0.15, -0.1) is 0 Å². The van der Waals surface area contributed by atoms with Gasteiger partial charge in [0.25, 0.3) is 0 Å². The molecule has 0 aliphatic rings. The molecule has 1 rings (SSSR count). The second kappa shape index (κ2) is 4.08. The molecule has 0 fully saturated rings. The highest BCUT2D eigenvalue weighted by Gasteiger charge is 1.88. The fourth-order valence-corrected chi connectivity index (χ4v) is 0.556. The molecule has 0 aromatic heterocycles. The molecule has 0 bridgehead atoms. The van der Waals surface area contributed by atoms with Gasteiger partial charge in [-0.2, -0.15) is 0 Å². The van der Waals surface area contributed by atoms with E-state index in [-0.39, 0.29) is 12.4 Å². The summed E-state index contributed by atoms with van der Waals surface area (Å²) in [4.78, 5) is 0. The van der Waals surface area contributed by atoms with Crippen LogP contribution >= 0.6 is 0 Å². The predicted octanol–water partition coefficient (Wildman–Crippen LogP) is -0.972. The average molecular weight is 139 g/mol. The number of rotatable bonds is 1. The fourth-order valence-electron chi connectivity index (χ4n) is 0.556. The van der Waals surface area contributed by atoms with Crippen LogP contribution in [0.25, 0.3) is 0 Å². The van der Waals surface area contributed by atoms with Crippen molar-refractivity contribution >= 4 is 0 Å². The van der Waals surface area contributed by atoms with Crippen LogP contribution in [0.1, 0.15) is 5.56 Å². The van der Waals surface area contributed by atoms with E-state index in [1.165, 1.54) is 0 Å². The quantitative estimate of drug-likeness (QED) is 0.438. The van der Waals surface area contributed by atoms with Gasteiger partial charge in [-0.25, -0.2) is 0 Å². The first kappa shape index (κ1) is 8.16. The summed E-state index contributed by atoms with van der Waals surface area (Å²) >= 11 is 0. The van der Waals surface area contributed by atoms with Crippen molar-refractivity contribution in [2.75, 3.05) is 0 Å². The van der Waals surface area contributed by atoms with Crippen molar-refractivity contribution in [3.05, 3.63) is 48.6 Å². The van der Waals surface area contributed by atoms with Gasteiger partial charge in [-0.1, -0.05) is 0 Å². The van der Waals surface area contributed by atoms with Crippen LogP contribution in [-0.2, 0) is 0 Å². The van der Waals surface area contributed by atoms with Crippen molar-refractivity contribution in [3.8, 4) is 0 Å². The van der Waals surface area contributed by atoms with Crippen molar-refractivity contribution in [1.29, 1.82) is 0 Å². The van der Waals surface area contributed by atoms with Gasteiger partial charge in [0.1, 0.15) is 0 Å². The van der Waals surface area contributed by atoms with Crippen molar-refractivity contribution in [3.63, 3.8) is 0 Å². The summed E-state index contributed by atoms with van der Waals surface area (Å²) in [6.45, 7) is 3.51. The number of benzene rings is 1. The molecular weight excluding hydrogens is 132 g/mol. The minimum absolute atomic E-state index is 0. The van der Waals surface area contributed by atoms with Crippen molar-refractivity contribution < 1.29 is 12.4 Å². The Hall–Kier alpha value is -0.840.